The fraction of sp³-hybridized carbons (Fsp3) is 0.310. The molecule has 7 heteroatoms. The van der Waals surface area contributed by atoms with Gasteiger partial charge < -0.3 is 10.2 Å². The molecule has 2 atom stereocenters. The Labute approximate surface area is 231 Å². The maximum atomic E-state index is 13.7. The molecule has 1 N–H and O–H groups in total. The second-order valence-corrected chi connectivity index (χ2v) is 11.1. The van der Waals surface area contributed by atoms with Crippen LogP contribution in [-0.2, 0) is 28.3 Å². The van der Waals surface area contributed by atoms with Crippen molar-refractivity contribution in [2.24, 2.45) is 0 Å². The summed E-state index contributed by atoms with van der Waals surface area (Å²) >= 11 is 11.1. The second kappa shape index (κ2) is 14.5. The largest absolute Gasteiger partial charge is 0.352 e. The maximum Gasteiger partial charge on any atom is 0.243 e. The molecule has 0 heterocycles. The van der Waals surface area contributed by atoms with Crippen LogP contribution in [-0.4, -0.2) is 34.6 Å². The molecule has 3 rings (SSSR count). The van der Waals surface area contributed by atoms with Crippen molar-refractivity contribution in [3.8, 4) is 0 Å². The van der Waals surface area contributed by atoms with E-state index in [4.69, 9.17) is 11.6 Å². The smallest absolute Gasteiger partial charge is 0.243 e. The Kier molecular flexibility index (Phi) is 11.4. The van der Waals surface area contributed by atoms with Gasteiger partial charge in [0.1, 0.15) is 6.04 Å². The summed E-state index contributed by atoms with van der Waals surface area (Å²) in [6, 6.07) is 24.8. The lowest BCUT2D eigenvalue weighted by atomic mass is 10.0. The van der Waals surface area contributed by atoms with Crippen LogP contribution >= 0.6 is 39.3 Å². The van der Waals surface area contributed by atoms with Crippen LogP contribution < -0.4 is 5.32 Å². The van der Waals surface area contributed by atoms with Crippen molar-refractivity contribution in [3.05, 3.63) is 105 Å². The summed E-state index contributed by atoms with van der Waals surface area (Å²) in [6.07, 6.45) is 1.27. The highest BCUT2D eigenvalue weighted by Crippen LogP contribution is 2.21. The van der Waals surface area contributed by atoms with E-state index >= 15 is 0 Å². The van der Waals surface area contributed by atoms with Gasteiger partial charge in [-0.25, -0.2) is 0 Å². The van der Waals surface area contributed by atoms with Crippen LogP contribution in [0.4, 0.5) is 0 Å². The molecule has 190 valence electrons. The molecular weight excluding hydrogens is 556 g/mol. The molecule has 2 amide bonds. The second-order valence-electron chi connectivity index (χ2n) is 8.79. The zero-order valence-corrected chi connectivity index (χ0v) is 23.8. The van der Waals surface area contributed by atoms with Gasteiger partial charge in [-0.1, -0.05) is 89.1 Å². The molecule has 0 saturated heterocycles. The molecule has 0 bridgehead atoms. The molecule has 0 aliphatic carbocycles. The summed E-state index contributed by atoms with van der Waals surface area (Å²) in [4.78, 5) is 28.9. The number of nitrogens with zero attached hydrogens (tertiary/aromatic N) is 1. The predicted octanol–water partition coefficient (Wildman–Crippen LogP) is 6.89. The first-order valence-electron chi connectivity index (χ1n) is 12.1. The minimum Gasteiger partial charge on any atom is -0.352 e. The van der Waals surface area contributed by atoms with E-state index in [9.17, 15) is 9.59 Å². The summed E-state index contributed by atoms with van der Waals surface area (Å²) < 4.78 is 0.969. The first kappa shape index (κ1) is 28.3. The number of amides is 2. The van der Waals surface area contributed by atoms with Crippen LogP contribution in [0.15, 0.2) is 83.3 Å². The molecule has 0 unspecified atom stereocenters. The number of halogens is 2. The van der Waals surface area contributed by atoms with Gasteiger partial charge in [0, 0.05) is 34.3 Å². The number of thioether (sulfide) groups is 1. The van der Waals surface area contributed by atoms with E-state index in [1.54, 1.807) is 4.90 Å². The van der Waals surface area contributed by atoms with E-state index in [1.807, 2.05) is 92.7 Å². The monoisotopic (exact) mass is 586 g/mol. The van der Waals surface area contributed by atoms with Crippen molar-refractivity contribution in [2.45, 2.75) is 51.1 Å². The summed E-state index contributed by atoms with van der Waals surface area (Å²) in [5.74, 6) is 0.745. The van der Waals surface area contributed by atoms with E-state index < -0.39 is 6.04 Å². The van der Waals surface area contributed by atoms with Gasteiger partial charge in [-0.2, -0.15) is 0 Å². The highest BCUT2D eigenvalue weighted by Gasteiger charge is 2.30. The van der Waals surface area contributed by atoms with Gasteiger partial charge in [0.2, 0.25) is 11.8 Å². The molecule has 0 aliphatic heterocycles. The summed E-state index contributed by atoms with van der Waals surface area (Å²) in [5, 5.41) is 3.79. The quantitative estimate of drug-likeness (QED) is 0.251. The zero-order chi connectivity index (χ0) is 25.9. The average Bonchev–Trinajstić information content (AvgIpc) is 2.87. The summed E-state index contributed by atoms with van der Waals surface area (Å²) in [5.41, 5.74) is 3.05. The van der Waals surface area contributed by atoms with Gasteiger partial charge in [0.15, 0.2) is 0 Å². The molecule has 3 aromatic rings. The summed E-state index contributed by atoms with van der Waals surface area (Å²) in [7, 11) is 0. The molecule has 36 heavy (non-hydrogen) atoms. The standard InChI is InChI=1S/C29H32BrClN2O2S/c1-3-21(2)32-29(35)27(17-22-8-5-4-6-9-22)33(18-23-12-14-25(30)15-13-23)28(34)20-36-19-24-10-7-11-26(31)16-24/h4-16,21,27H,3,17-20H2,1-2H3,(H,32,35)/t21-,27+/m1/s1. The van der Waals surface area contributed by atoms with Crippen LogP contribution in [0.2, 0.25) is 5.02 Å². The van der Waals surface area contributed by atoms with Gasteiger partial charge >= 0.3 is 0 Å². The van der Waals surface area contributed by atoms with Crippen molar-refractivity contribution in [3.63, 3.8) is 0 Å². The third-order valence-corrected chi connectivity index (χ3v) is 7.67. The van der Waals surface area contributed by atoms with Crippen LogP contribution in [0.25, 0.3) is 0 Å². The van der Waals surface area contributed by atoms with Crippen LogP contribution in [0.3, 0.4) is 0 Å². The minimum atomic E-state index is -0.621. The van der Waals surface area contributed by atoms with Crippen molar-refractivity contribution >= 4 is 51.1 Å². The van der Waals surface area contributed by atoms with Crippen molar-refractivity contribution in [2.75, 3.05) is 5.75 Å². The Balaban J connectivity index is 1.85. The minimum absolute atomic E-state index is 0.0256. The summed E-state index contributed by atoms with van der Waals surface area (Å²) in [6.45, 7) is 4.38. The lowest BCUT2D eigenvalue weighted by molar-refractivity contribution is -0.139. The number of rotatable bonds is 12. The Morgan fingerprint density at radius 1 is 0.972 bits per heavy atom. The van der Waals surface area contributed by atoms with Gasteiger partial charge in [-0.15, -0.1) is 11.8 Å². The number of hydrogen-bond acceptors (Lipinski definition) is 3. The SMILES string of the molecule is CC[C@@H](C)NC(=O)[C@H](Cc1ccccc1)N(Cc1ccc(Br)cc1)C(=O)CSCc1cccc(Cl)c1. The van der Waals surface area contributed by atoms with Crippen molar-refractivity contribution < 1.29 is 9.59 Å². The Hall–Kier alpha value is -2.28. The Morgan fingerprint density at radius 2 is 1.67 bits per heavy atom. The lowest BCUT2D eigenvalue weighted by Crippen LogP contribution is -2.52. The Bertz CT molecular complexity index is 1130. The van der Waals surface area contributed by atoms with Gasteiger partial charge in [-0.3, -0.25) is 9.59 Å². The highest BCUT2D eigenvalue weighted by atomic mass is 79.9. The molecule has 0 spiro atoms. The number of carbonyl (C=O) groups excluding carboxylic acids is 2. The van der Waals surface area contributed by atoms with E-state index in [2.05, 4.69) is 21.2 Å². The number of benzene rings is 3. The van der Waals surface area contributed by atoms with Gasteiger partial charge in [-0.05, 0) is 54.3 Å². The van der Waals surface area contributed by atoms with Crippen molar-refractivity contribution in [1.82, 2.24) is 10.2 Å². The normalized spacial score (nSPS) is 12.6. The lowest BCUT2D eigenvalue weighted by Gasteiger charge is -2.32. The van der Waals surface area contributed by atoms with E-state index in [0.29, 0.717) is 23.7 Å². The number of hydrogen-bond donors (Lipinski definition) is 1. The zero-order valence-electron chi connectivity index (χ0n) is 20.6. The van der Waals surface area contributed by atoms with E-state index in [-0.39, 0.29) is 23.6 Å². The Morgan fingerprint density at radius 3 is 2.33 bits per heavy atom. The molecule has 0 aliphatic rings. The first-order valence-corrected chi connectivity index (χ1v) is 14.4. The predicted molar refractivity (Wildman–Crippen MR) is 154 cm³/mol. The fourth-order valence-electron chi connectivity index (χ4n) is 3.75. The van der Waals surface area contributed by atoms with E-state index in [0.717, 1.165) is 27.6 Å². The van der Waals surface area contributed by atoms with Crippen molar-refractivity contribution in [1.29, 1.82) is 0 Å². The molecule has 0 aromatic heterocycles. The van der Waals surface area contributed by atoms with Crippen LogP contribution in [0, 0.1) is 0 Å². The van der Waals surface area contributed by atoms with Crippen LogP contribution in [0.5, 0.6) is 0 Å². The van der Waals surface area contributed by atoms with Crippen LogP contribution in [0.1, 0.15) is 37.0 Å². The molecular formula is C29H32BrClN2O2S. The molecule has 0 saturated carbocycles. The third kappa shape index (κ3) is 8.99. The number of carbonyl (C=O) groups is 2. The topological polar surface area (TPSA) is 49.4 Å². The molecule has 0 radical (unpaired) electrons. The third-order valence-electron chi connectivity index (χ3n) is 5.92. The average molecular weight is 588 g/mol. The van der Waals surface area contributed by atoms with Gasteiger partial charge in [0.25, 0.3) is 0 Å². The fourth-order valence-corrected chi connectivity index (χ4v) is 5.08. The highest BCUT2D eigenvalue weighted by molar-refractivity contribution is 9.10. The number of nitrogens with one attached hydrogen (secondary N) is 1. The molecule has 0 fully saturated rings. The van der Waals surface area contributed by atoms with E-state index in [1.165, 1.54) is 11.8 Å². The maximum absolute atomic E-state index is 13.7. The van der Waals surface area contributed by atoms with Gasteiger partial charge in [0.05, 0.1) is 5.75 Å². The first-order chi connectivity index (χ1) is 17.4. The molecule has 3 aromatic carbocycles. The molecule has 4 nitrogen and oxygen atoms in total.